The smallest absolute Gasteiger partial charge is 0.323 e. The molecule has 0 aliphatic carbocycles. The highest BCUT2D eigenvalue weighted by atomic mass is 16.4. The van der Waals surface area contributed by atoms with Gasteiger partial charge in [-0.2, -0.15) is 0 Å². The first kappa shape index (κ1) is 12.7. The fourth-order valence-corrected chi connectivity index (χ4v) is 1.31. The number of unbranched alkanes of at least 4 members (excludes halogenated alkanes) is 1. The molecule has 0 saturated carbocycles. The van der Waals surface area contributed by atoms with E-state index in [1.807, 2.05) is 10.8 Å². The summed E-state index contributed by atoms with van der Waals surface area (Å²) in [5, 5.41) is 11.9. The zero-order valence-corrected chi connectivity index (χ0v) is 9.81. The van der Waals surface area contributed by atoms with Gasteiger partial charge in [-0.3, -0.25) is 4.79 Å². The number of nitrogens with zero attached hydrogens (tertiary/aromatic N) is 2. The van der Waals surface area contributed by atoms with Gasteiger partial charge in [-0.1, -0.05) is 0 Å². The van der Waals surface area contributed by atoms with Crippen molar-refractivity contribution in [1.29, 1.82) is 0 Å². The second-order valence-electron chi connectivity index (χ2n) is 4.36. The van der Waals surface area contributed by atoms with Gasteiger partial charge >= 0.3 is 5.97 Å². The first-order valence-corrected chi connectivity index (χ1v) is 5.46. The van der Waals surface area contributed by atoms with Gasteiger partial charge in [0.25, 0.3) is 0 Å². The summed E-state index contributed by atoms with van der Waals surface area (Å²) >= 11 is 0. The van der Waals surface area contributed by atoms with Crippen LogP contribution in [0.15, 0.2) is 18.7 Å². The fraction of sp³-hybridized carbons (Fsp3) is 0.636. The van der Waals surface area contributed by atoms with Crippen molar-refractivity contribution in [2.45, 2.75) is 38.8 Å². The van der Waals surface area contributed by atoms with Crippen LogP contribution in [-0.2, 0) is 11.3 Å². The first-order valence-electron chi connectivity index (χ1n) is 5.46. The Morgan fingerprint density at radius 3 is 2.81 bits per heavy atom. The molecule has 1 aromatic rings. The lowest BCUT2D eigenvalue weighted by Gasteiger charge is -2.20. The van der Waals surface area contributed by atoms with Crippen molar-refractivity contribution >= 4 is 5.97 Å². The van der Waals surface area contributed by atoms with Crippen LogP contribution in [0.5, 0.6) is 0 Å². The average molecular weight is 225 g/mol. The maximum Gasteiger partial charge on any atom is 0.323 e. The van der Waals surface area contributed by atoms with Gasteiger partial charge in [0.2, 0.25) is 0 Å². The van der Waals surface area contributed by atoms with Crippen molar-refractivity contribution in [2.24, 2.45) is 0 Å². The van der Waals surface area contributed by atoms with Crippen LogP contribution in [0.2, 0.25) is 0 Å². The molecule has 0 aromatic carbocycles. The molecule has 2 N–H and O–H groups in total. The Balaban J connectivity index is 2.10. The van der Waals surface area contributed by atoms with Gasteiger partial charge in [0.15, 0.2) is 0 Å². The number of imidazole rings is 1. The second-order valence-corrected chi connectivity index (χ2v) is 4.36. The Hall–Kier alpha value is -1.36. The number of aryl methyl sites for hydroxylation is 1. The molecule has 1 heterocycles. The van der Waals surface area contributed by atoms with Gasteiger partial charge < -0.3 is 15.0 Å². The van der Waals surface area contributed by atoms with Gasteiger partial charge in [0, 0.05) is 18.9 Å². The summed E-state index contributed by atoms with van der Waals surface area (Å²) in [6.45, 7) is 4.99. The Morgan fingerprint density at radius 1 is 1.50 bits per heavy atom. The third kappa shape index (κ3) is 4.02. The molecule has 1 rings (SSSR count). The zero-order valence-electron chi connectivity index (χ0n) is 9.81. The lowest BCUT2D eigenvalue weighted by atomic mass is 10.1. The van der Waals surface area contributed by atoms with E-state index in [2.05, 4.69) is 10.3 Å². The largest absolute Gasteiger partial charge is 0.480 e. The molecule has 90 valence electrons. The van der Waals surface area contributed by atoms with Crippen molar-refractivity contribution in [3.63, 3.8) is 0 Å². The fourth-order valence-electron chi connectivity index (χ4n) is 1.31. The van der Waals surface area contributed by atoms with Crippen molar-refractivity contribution < 1.29 is 9.90 Å². The van der Waals surface area contributed by atoms with Crippen LogP contribution in [0.3, 0.4) is 0 Å². The molecule has 0 bridgehead atoms. The number of carbonyl (C=O) groups is 1. The maximum absolute atomic E-state index is 10.8. The average Bonchev–Trinajstić information content (AvgIpc) is 2.69. The topological polar surface area (TPSA) is 67.2 Å². The van der Waals surface area contributed by atoms with E-state index in [1.54, 1.807) is 26.4 Å². The van der Waals surface area contributed by atoms with Gasteiger partial charge in [-0.05, 0) is 33.2 Å². The predicted molar refractivity (Wildman–Crippen MR) is 61.2 cm³/mol. The summed E-state index contributed by atoms with van der Waals surface area (Å²) in [5.74, 6) is -0.817. The van der Waals surface area contributed by atoms with Crippen LogP contribution < -0.4 is 5.32 Å². The SMILES string of the molecule is CC(C)(NCCCCn1ccnc1)C(=O)O. The van der Waals surface area contributed by atoms with Crippen LogP contribution in [-0.4, -0.2) is 32.7 Å². The molecule has 0 spiro atoms. The van der Waals surface area contributed by atoms with Crippen molar-refractivity contribution in [1.82, 2.24) is 14.9 Å². The van der Waals surface area contributed by atoms with Gasteiger partial charge in [-0.25, -0.2) is 4.98 Å². The molecule has 0 radical (unpaired) electrons. The maximum atomic E-state index is 10.8. The van der Waals surface area contributed by atoms with Crippen LogP contribution in [0.25, 0.3) is 0 Å². The zero-order chi connectivity index (χ0) is 12.0. The third-order valence-electron chi connectivity index (χ3n) is 2.50. The molecule has 0 unspecified atom stereocenters. The van der Waals surface area contributed by atoms with Crippen molar-refractivity contribution in [2.75, 3.05) is 6.54 Å². The second kappa shape index (κ2) is 5.65. The Bertz CT molecular complexity index is 320. The molecule has 1 aromatic heterocycles. The highest BCUT2D eigenvalue weighted by molar-refractivity contribution is 5.77. The lowest BCUT2D eigenvalue weighted by molar-refractivity contribution is -0.143. The number of carboxylic acid groups (broad SMARTS) is 1. The van der Waals surface area contributed by atoms with Crippen LogP contribution in [0.1, 0.15) is 26.7 Å². The van der Waals surface area contributed by atoms with E-state index < -0.39 is 11.5 Å². The molecule has 0 aliphatic heterocycles. The number of rotatable bonds is 7. The molecule has 16 heavy (non-hydrogen) atoms. The highest BCUT2D eigenvalue weighted by Crippen LogP contribution is 2.02. The lowest BCUT2D eigenvalue weighted by Crippen LogP contribution is -2.47. The standard InChI is InChI=1S/C11H19N3O2/c1-11(2,10(15)16)13-5-3-4-7-14-8-6-12-9-14/h6,8-9,13H,3-5,7H2,1-2H3,(H,15,16). The van der Waals surface area contributed by atoms with E-state index in [1.165, 1.54) is 0 Å². The summed E-state index contributed by atoms with van der Waals surface area (Å²) in [6, 6.07) is 0. The molecular formula is C11H19N3O2. The van der Waals surface area contributed by atoms with E-state index in [-0.39, 0.29) is 0 Å². The summed E-state index contributed by atoms with van der Waals surface area (Å²) in [5.41, 5.74) is -0.838. The van der Waals surface area contributed by atoms with E-state index in [9.17, 15) is 4.79 Å². The number of aromatic nitrogens is 2. The summed E-state index contributed by atoms with van der Waals surface area (Å²) < 4.78 is 2.02. The van der Waals surface area contributed by atoms with Crippen LogP contribution in [0, 0.1) is 0 Å². The van der Waals surface area contributed by atoms with E-state index in [4.69, 9.17) is 5.11 Å². The quantitative estimate of drug-likeness (QED) is 0.682. The van der Waals surface area contributed by atoms with E-state index >= 15 is 0 Å². The molecule has 0 fully saturated rings. The van der Waals surface area contributed by atoms with Gasteiger partial charge in [-0.15, -0.1) is 0 Å². The van der Waals surface area contributed by atoms with Crippen LogP contribution >= 0.6 is 0 Å². The highest BCUT2D eigenvalue weighted by Gasteiger charge is 2.25. The molecule has 0 aliphatic rings. The van der Waals surface area contributed by atoms with Crippen molar-refractivity contribution in [3.8, 4) is 0 Å². The van der Waals surface area contributed by atoms with Crippen molar-refractivity contribution in [3.05, 3.63) is 18.7 Å². The Kier molecular flexibility index (Phi) is 4.49. The number of aliphatic carboxylic acids is 1. The number of nitrogens with one attached hydrogen (secondary N) is 1. The van der Waals surface area contributed by atoms with Crippen LogP contribution in [0.4, 0.5) is 0 Å². The summed E-state index contributed by atoms with van der Waals surface area (Å²) in [7, 11) is 0. The normalized spacial score (nSPS) is 11.6. The molecule has 5 heteroatoms. The third-order valence-corrected chi connectivity index (χ3v) is 2.50. The van der Waals surface area contributed by atoms with Gasteiger partial charge in [0.05, 0.1) is 6.33 Å². The Labute approximate surface area is 95.5 Å². The minimum absolute atomic E-state index is 0.716. The van der Waals surface area contributed by atoms with E-state index in [0.717, 1.165) is 19.4 Å². The molecule has 0 atom stereocenters. The molecular weight excluding hydrogens is 206 g/mol. The monoisotopic (exact) mass is 225 g/mol. The molecule has 0 saturated heterocycles. The number of hydrogen-bond donors (Lipinski definition) is 2. The Morgan fingerprint density at radius 2 is 2.25 bits per heavy atom. The summed E-state index contributed by atoms with van der Waals surface area (Å²) in [4.78, 5) is 14.7. The number of hydrogen-bond acceptors (Lipinski definition) is 3. The molecule has 5 nitrogen and oxygen atoms in total. The first-order chi connectivity index (χ1) is 7.52. The minimum atomic E-state index is -0.838. The van der Waals surface area contributed by atoms with E-state index in [0.29, 0.717) is 6.54 Å². The number of carboxylic acids is 1. The predicted octanol–water partition coefficient (Wildman–Crippen LogP) is 1.12. The molecule has 0 amide bonds. The van der Waals surface area contributed by atoms with Gasteiger partial charge in [0.1, 0.15) is 5.54 Å². The minimum Gasteiger partial charge on any atom is -0.480 e. The summed E-state index contributed by atoms with van der Waals surface area (Å²) in [6.07, 6.45) is 7.43.